The van der Waals surface area contributed by atoms with Gasteiger partial charge in [-0.05, 0) is 25.2 Å². The van der Waals surface area contributed by atoms with Gasteiger partial charge in [0.15, 0.2) is 0 Å². The van der Waals surface area contributed by atoms with Gasteiger partial charge >= 0.3 is 0 Å². The molecule has 6 heteroatoms. The van der Waals surface area contributed by atoms with Gasteiger partial charge in [0.2, 0.25) is 5.91 Å². The van der Waals surface area contributed by atoms with Crippen molar-refractivity contribution < 1.29 is 18.3 Å². The molecule has 0 unspecified atom stereocenters. The number of amides is 1. The highest BCUT2D eigenvalue weighted by atomic mass is 32.2. The van der Waals surface area contributed by atoms with E-state index in [1.165, 1.54) is 12.1 Å². The van der Waals surface area contributed by atoms with E-state index in [4.69, 9.17) is 4.74 Å². The third-order valence-corrected chi connectivity index (χ3v) is 4.77. The highest BCUT2D eigenvalue weighted by molar-refractivity contribution is 7.98. The van der Waals surface area contributed by atoms with E-state index in [0.717, 1.165) is 11.8 Å². The molecule has 0 bridgehead atoms. The Morgan fingerprint density at radius 1 is 1.36 bits per heavy atom. The van der Waals surface area contributed by atoms with Gasteiger partial charge in [-0.15, -0.1) is 0 Å². The van der Waals surface area contributed by atoms with Crippen molar-refractivity contribution in [2.45, 2.75) is 18.3 Å². The Balaban J connectivity index is 2.37. The molecule has 0 saturated carbocycles. The SMILES string of the molecule is CSCCN(C)C(=O)C1(c2ccc(F)cc2F)CCOCC1. The number of thioether (sulfide) groups is 1. The second-order valence-electron chi connectivity index (χ2n) is 5.54. The lowest BCUT2D eigenvalue weighted by Gasteiger charge is -2.39. The summed E-state index contributed by atoms with van der Waals surface area (Å²) in [5.74, 6) is -0.587. The number of likely N-dealkylation sites (N-methyl/N-ethyl adjacent to an activating group) is 1. The Hall–Kier alpha value is -1.14. The van der Waals surface area contributed by atoms with Gasteiger partial charge in [-0.3, -0.25) is 4.79 Å². The fraction of sp³-hybridized carbons (Fsp3) is 0.562. The first kappa shape index (κ1) is 17.2. The molecule has 1 aromatic rings. The van der Waals surface area contributed by atoms with Crippen LogP contribution in [0.4, 0.5) is 8.78 Å². The number of nitrogens with zero attached hydrogens (tertiary/aromatic N) is 1. The van der Waals surface area contributed by atoms with E-state index in [1.807, 2.05) is 6.26 Å². The largest absolute Gasteiger partial charge is 0.381 e. The number of benzene rings is 1. The fourth-order valence-electron chi connectivity index (χ4n) is 2.89. The van der Waals surface area contributed by atoms with Crippen LogP contribution in [0, 0.1) is 11.6 Å². The number of rotatable bonds is 5. The monoisotopic (exact) mass is 329 g/mol. The van der Waals surface area contributed by atoms with Crippen LogP contribution >= 0.6 is 11.8 Å². The van der Waals surface area contributed by atoms with Gasteiger partial charge in [0.05, 0.1) is 5.41 Å². The maximum atomic E-state index is 14.3. The van der Waals surface area contributed by atoms with Crippen LogP contribution in [0.2, 0.25) is 0 Å². The number of carbonyl (C=O) groups is 1. The van der Waals surface area contributed by atoms with Gasteiger partial charge in [-0.1, -0.05) is 6.07 Å². The van der Waals surface area contributed by atoms with Crippen molar-refractivity contribution in [3.63, 3.8) is 0 Å². The molecule has 0 radical (unpaired) electrons. The molecule has 0 N–H and O–H groups in total. The van der Waals surface area contributed by atoms with Crippen LogP contribution in [0.1, 0.15) is 18.4 Å². The van der Waals surface area contributed by atoms with Gasteiger partial charge in [0.1, 0.15) is 11.6 Å². The zero-order valence-electron chi connectivity index (χ0n) is 12.9. The smallest absolute Gasteiger partial charge is 0.233 e. The fourth-order valence-corrected chi connectivity index (χ4v) is 3.35. The molecular weight excluding hydrogens is 308 g/mol. The highest BCUT2D eigenvalue weighted by Crippen LogP contribution is 2.38. The Morgan fingerprint density at radius 3 is 2.64 bits per heavy atom. The lowest BCUT2D eigenvalue weighted by atomic mass is 9.72. The molecule has 0 atom stereocenters. The van der Waals surface area contributed by atoms with Gasteiger partial charge in [-0.25, -0.2) is 8.78 Å². The number of hydrogen-bond donors (Lipinski definition) is 0. The summed E-state index contributed by atoms with van der Waals surface area (Å²) in [6.45, 7) is 1.41. The lowest BCUT2D eigenvalue weighted by Crippen LogP contribution is -2.49. The average molecular weight is 329 g/mol. The molecule has 1 aliphatic rings. The second kappa shape index (κ2) is 7.42. The van der Waals surface area contributed by atoms with Gasteiger partial charge in [-0.2, -0.15) is 11.8 Å². The van der Waals surface area contributed by atoms with Crippen LogP contribution < -0.4 is 0 Å². The van der Waals surface area contributed by atoms with Crippen molar-refractivity contribution in [3.05, 3.63) is 35.4 Å². The number of ether oxygens (including phenoxy) is 1. The van der Waals surface area contributed by atoms with Crippen LogP contribution in [0.3, 0.4) is 0 Å². The summed E-state index contributed by atoms with van der Waals surface area (Å²) >= 11 is 1.65. The molecule has 1 aromatic carbocycles. The van der Waals surface area contributed by atoms with Crippen molar-refractivity contribution in [1.82, 2.24) is 4.90 Å². The molecule has 1 fully saturated rings. The minimum Gasteiger partial charge on any atom is -0.381 e. The van der Waals surface area contributed by atoms with Crippen LogP contribution in [0.15, 0.2) is 18.2 Å². The molecule has 0 aliphatic carbocycles. The Kier molecular flexibility index (Phi) is 5.81. The van der Waals surface area contributed by atoms with Crippen LogP contribution in [-0.2, 0) is 14.9 Å². The van der Waals surface area contributed by atoms with Gasteiger partial charge in [0, 0.05) is 44.2 Å². The van der Waals surface area contributed by atoms with E-state index >= 15 is 0 Å². The minimum absolute atomic E-state index is 0.115. The predicted molar refractivity (Wildman–Crippen MR) is 84.1 cm³/mol. The summed E-state index contributed by atoms with van der Waals surface area (Å²) in [5.41, 5.74) is -0.679. The number of hydrogen-bond acceptors (Lipinski definition) is 3. The molecule has 122 valence electrons. The standard InChI is InChI=1S/C16H21F2NO2S/c1-19(7-10-22-2)15(20)16(5-8-21-9-6-16)13-4-3-12(17)11-14(13)18/h3-4,11H,5-10H2,1-2H3. The molecule has 0 spiro atoms. The van der Waals surface area contributed by atoms with Crippen molar-refractivity contribution in [2.75, 3.05) is 38.8 Å². The maximum Gasteiger partial charge on any atom is 0.233 e. The molecule has 3 nitrogen and oxygen atoms in total. The number of carbonyl (C=O) groups excluding carboxylic acids is 1. The quantitative estimate of drug-likeness (QED) is 0.832. The van der Waals surface area contributed by atoms with Crippen LogP contribution in [0.5, 0.6) is 0 Å². The number of halogens is 2. The average Bonchev–Trinajstić information content (AvgIpc) is 2.52. The zero-order chi connectivity index (χ0) is 16.2. The summed E-state index contributed by atoms with van der Waals surface area (Å²) in [4.78, 5) is 14.6. The normalized spacial score (nSPS) is 17.3. The first-order chi connectivity index (χ1) is 10.5. The Morgan fingerprint density at radius 2 is 2.05 bits per heavy atom. The summed E-state index contributed by atoms with van der Waals surface area (Å²) in [6.07, 6.45) is 2.80. The van der Waals surface area contributed by atoms with Crippen molar-refractivity contribution in [1.29, 1.82) is 0 Å². The Bertz CT molecular complexity index is 533. The van der Waals surface area contributed by atoms with Crippen LogP contribution in [-0.4, -0.2) is 49.6 Å². The first-order valence-electron chi connectivity index (χ1n) is 7.29. The van der Waals surface area contributed by atoms with E-state index in [2.05, 4.69) is 0 Å². The molecule has 1 amide bonds. The van der Waals surface area contributed by atoms with E-state index in [-0.39, 0.29) is 11.5 Å². The van der Waals surface area contributed by atoms with E-state index in [0.29, 0.717) is 32.6 Å². The summed E-state index contributed by atoms with van der Waals surface area (Å²) in [7, 11) is 1.73. The topological polar surface area (TPSA) is 29.5 Å². The summed E-state index contributed by atoms with van der Waals surface area (Å²) in [6, 6.07) is 3.46. The predicted octanol–water partition coefficient (Wildman–Crippen LogP) is 2.83. The molecule has 22 heavy (non-hydrogen) atoms. The molecule has 2 rings (SSSR count). The van der Waals surface area contributed by atoms with Crippen molar-refractivity contribution in [2.24, 2.45) is 0 Å². The first-order valence-corrected chi connectivity index (χ1v) is 8.68. The summed E-state index contributed by atoms with van der Waals surface area (Å²) < 4.78 is 32.9. The third-order valence-electron chi connectivity index (χ3n) is 4.18. The second-order valence-corrected chi connectivity index (χ2v) is 6.52. The highest BCUT2D eigenvalue weighted by Gasteiger charge is 2.44. The van der Waals surface area contributed by atoms with E-state index < -0.39 is 17.0 Å². The minimum atomic E-state index is -0.955. The van der Waals surface area contributed by atoms with Crippen LogP contribution in [0.25, 0.3) is 0 Å². The molecule has 1 heterocycles. The van der Waals surface area contributed by atoms with Crippen molar-refractivity contribution >= 4 is 17.7 Å². The Labute approximate surface area is 134 Å². The lowest BCUT2D eigenvalue weighted by molar-refractivity contribution is -0.139. The summed E-state index contributed by atoms with van der Waals surface area (Å²) in [5, 5.41) is 0. The van der Waals surface area contributed by atoms with Crippen molar-refractivity contribution in [3.8, 4) is 0 Å². The van der Waals surface area contributed by atoms with E-state index in [9.17, 15) is 13.6 Å². The molecule has 1 aliphatic heterocycles. The van der Waals surface area contributed by atoms with E-state index in [1.54, 1.807) is 23.7 Å². The molecule has 0 aromatic heterocycles. The van der Waals surface area contributed by atoms with Gasteiger partial charge in [0.25, 0.3) is 0 Å². The maximum absolute atomic E-state index is 14.3. The van der Waals surface area contributed by atoms with Gasteiger partial charge < -0.3 is 9.64 Å². The molecule has 1 saturated heterocycles. The third kappa shape index (κ3) is 3.43. The molecular formula is C16H21F2NO2S. The zero-order valence-corrected chi connectivity index (χ0v) is 13.7.